The van der Waals surface area contributed by atoms with Crippen molar-refractivity contribution in [3.63, 3.8) is 0 Å². The molecule has 0 aliphatic heterocycles. The minimum absolute atomic E-state index is 0.000584. The molecule has 0 aliphatic carbocycles. The minimum atomic E-state index is -0.528. The number of thiophene rings is 1. The summed E-state index contributed by atoms with van der Waals surface area (Å²) in [6.07, 6.45) is 0. The molecule has 10 nitrogen and oxygen atoms in total. The molecule has 0 unspecified atom stereocenters. The third-order valence-corrected chi connectivity index (χ3v) is 5.79. The molecule has 0 atom stereocenters. The number of anilines is 1. The van der Waals surface area contributed by atoms with E-state index in [2.05, 4.69) is 30.6 Å². The highest BCUT2D eigenvalue weighted by Gasteiger charge is 2.21. The molecular weight excluding hydrogens is 454 g/mol. The lowest BCUT2D eigenvalue weighted by molar-refractivity contribution is 0.101. The zero-order valence-electron chi connectivity index (χ0n) is 18.2. The van der Waals surface area contributed by atoms with Gasteiger partial charge in [-0.3, -0.25) is 15.2 Å². The van der Waals surface area contributed by atoms with Gasteiger partial charge in [0.05, 0.1) is 30.3 Å². The van der Waals surface area contributed by atoms with Gasteiger partial charge in [-0.25, -0.2) is 9.67 Å². The zero-order chi connectivity index (χ0) is 23.5. The summed E-state index contributed by atoms with van der Waals surface area (Å²) < 4.78 is 12.3. The molecule has 2 aromatic carbocycles. The third-order valence-electron chi connectivity index (χ3n) is 4.93. The van der Waals surface area contributed by atoms with Crippen LogP contribution in [0.15, 0.2) is 66.0 Å². The zero-order valence-corrected chi connectivity index (χ0v) is 19.0. The van der Waals surface area contributed by atoms with Gasteiger partial charge in [-0.2, -0.15) is 4.98 Å². The summed E-state index contributed by atoms with van der Waals surface area (Å²) in [6.45, 7) is 0. The fraction of sp³-hybridized carbons (Fsp3) is 0.0870. The summed E-state index contributed by atoms with van der Waals surface area (Å²) in [7, 11) is 3.13. The Kier molecular flexibility index (Phi) is 5.75. The number of H-pyrrole nitrogens is 1. The minimum Gasteiger partial charge on any atom is -0.497 e. The van der Waals surface area contributed by atoms with E-state index in [1.54, 1.807) is 37.1 Å². The highest BCUT2D eigenvalue weighted by atomic mass is 32.1. The average Bonchev–Trinajstić information content (AvgIpc) is 3.65. The Bertz CT molecular complexity index is 1430. The van der Waals surface area contributed by atoms with Gasteiger partial charge >= 0.3 is 0 Å². The fourth-order valence-corrected chi connectivity index (χ4v) is 4.01. The van der Waals surface area contributed by atoms with Crippen molar-refractivity contribution >= 4 is 23.2 Å². The molecule has 2 N–H and O–H groups in total. The molecular formula is C23H19N7O3S. The number of rotatable bonds is 7. The Labute approximate surface area is 198 Å². The van der Waals surface area contributed by atoms with E-state index in [4.69, 9.17) is 9.47 Å². The van der Waals surface area contributed by atoms with E-state index >= 15 is 0 Å². The molecule has 34 heavy (non-hydrogen) atoms. The van der Waals surface area contributed by atoms with Crippen molar-refractivity contribution in [2.45, 2.75) is 0 Å². The lowest BCUT2D eigenvalue weighted by atomic mass is 10.2. The predicted molar refractivity (Wildman–Crippen MR) is 128 cm³/mol. The van der Waals surface area contributed by atoms with E-state index < -0.39 is 5.91 Å². The lowest BCUT2D eigenvalue weighted by Crippen LogP contribution is -2.15. The van der Waals surface area contributed by atoms with Crippen molar-refractivity contribution in [3.8, 4) is 39.3 Å². The summed E-state index contributed by atoms with van der Waals surface area (Å²) in [6, 6.07) is 18.7. The van der Waals surface area contributed by atoms with Gasteiger partial charge in [0.2, 0.25) is 11.8 Å². The molecule has 0 radical (unpaired) electrons. The second-order valence-electron chi connectivity index (χ2n) is 7.01. The standard InChI is InChI=1S/C23H19N7O3S/c1-32-15-10-11-16(17(13-15)33-2)19-25-23(28-27-19)26-22(31)20-24-21(18-9-6-12-34-18)30(29-20)14-7-4-3-5-8-14/h3-13H,1-2H3,(H2,25,26,27,28,31). The van der Waals surface area contributed by atoms with Crippen LogP contribution in [0.2, 0.25) is 0 Å². The van der Waals surface area contributed by atoms with Crippen molar-refractivity contribution in [2.24, 2.45) is 0 Å². The average molecular weight is 474 g/mol. The Morgan fingerprint density at radius 3 is 2.62 bits per heavy atom. The molecule has 0 fully saturated rings. The van der Waals surface area contributed by atoms with Gasteiger partial charge in [0.25, 0.3) is 5.91 Å². The van der Waals surface area contributed by atoms with Crippen LogP contribution in [0.1, 0.15) is 10.6 Å². The number of hydrogen-bond donors (Lipinski definition) is 2. The maximum atomic E-state index is 13.0. The Hall–Kier alpha value is -4.51. The number of amides is 1. The number of para-hydroxylation sites is 1. The van der Waals surface area contributed by atoms with Crippen LogP contribution in [0, 0.1) is 0 Å². The van der Waals surface area contributed by atoms with Crippen LogP contribution in [0.5, 0.6) is 11.5 Å². The first-order chi connectivity index (χ1) is 16.7. The van der Waals surface area contributed by atoms with Gasteiger partial charge in [0, 0.05) is 6.07 Å². The van der Waals surface area contributed by atoms with E-state index in [1.165, 1.54) is 11.3 Å². The van der Waals surface area contributed by atoms with Crippen molar-refractivity contribution in [1.82, 2.24) is 29.9 Å². The van der Waals surface area contributed by atoms with Crippen molar-refractivity contribution < 1.29 is 14.3 Å². The number of ether oxygens (including phenoxy) is 2. The van der Waals surface area contributed by atoms with Crippen LogP contribution in [-0.4, -0.2) is 50.1 Å². The molecule has 11 heteroatoms. The summed E-state index contributed by atoms with van der Waals surface area (Å²) >= 11 is 1.52. The van der Waals surface area contributed by atoms with E-state index in [0.29, 0.717) is 28.7 Å². The molecule has 3 aromatic heterocycles. The highest BCUT2D eigenvalue weighted by Crippen LogP contribution is 2.31. The lowest BCUT2D eigenvalue weighted by Gasteiger charge is -2.07. The third kappa shape index (κ3) is 4.11. The number of benzene rings is 2. The van der Waals surface area contributed by atoms with E-state index in [-0.39, 0.29) is 11.8 Å². The largest absolute Gasteiger partial charge is 0.497 e. The molecule has 0 aliphatic rings. The van der Waals surface area contributed by atoms with Crippen LogP contribution in [-0.2, 0) is 0 Å². The molecule has 0 bridgehead atoms. The summed E-state index contributed by atoms with van der Waals surface area (Å²) in [5, 5.41) is 16.0. The quantitative estimate of drug-likeness (QED) is 0.366. The van der Waals surface area contributed by atoms with Crippen molar-refractivity contribution in [2.75, 3.05) is 19.5 Å². The predicted octanol–water partition coefficient (Wildman–Crippen LogP) is 4.05. The molecule has 5 aromatic rings. The van der Waals surface area contributed by atoms with Gasteiger partial charge in [-0.15, -0.1) is 21.5 Å². The van der Waals surface area contributed by atoms with Gasteiger partial charge in [-0.05, 0) is 35.7 Å². The number of nitrogens with one attached hydrogen (secondary N) is 2. The Morgan fingerprint density at radius 1 is 1.03 bits per heavy atom. The second-order valence-corrected chi connectivity index (χ2v) is 7.96. The Balaban J connectivity index is 1.42. The van der Waals surface area contributed by atoms with Crippen molar-refractivity contribution in [1.29, 1.82) is 0 Å². The number of hydrogen-bond acceptors (Lipinski definition) is 8. The maximum absolute atomic E-state index is 13.0. The number of methoxy groups -OCH3 is 2. The molecule has 0 saturated carbocycles. The molecule has 0 saturated heterocycles. The smallest absolute Gasteiger partial charge is 0.297 e. The van der Waals surface area contributed by atoms with Gasteiger partial charge in [0.1, 0.15) is 11.5 Å². The number of aromatic nitrogens is 6. The molecule has 170 valence electrons. The molecule has 3 heterocycles. The number of aromatic amines is 1. The number of nitrogens with zero attached hydrogens (tertiary/aromatic N) is 5. The number of carbonyl (C=O) groups is 1. The summed E-state index contributed by atoms with van der Waals surface area (Å²) in [5.74, 6) is 1.77. The Morgan fingerprint density at radius 2 is 1.88 bits per heavy atom. The van der Waals surface area contributed by atoms with Crippen molar-refractivity contribution in [3.05, 3.63) is 71.9 Å². The normalized spacial score (nSPS) is 10.8. The van der Waals surface area contributed by atoms with Crippen LogP contribution in [0.25, 0.3) is 27.8 Å². The van der Waals surface area contributed by atoms with Gasteiger partial charge in [0.15, 0.2) is 11.6 Å². The number of carbonyl (C=O) groups excluding carboxylic acids is 1. The van der Waals surface area contributed by atoms with Crippen LogP contribution in [0.3, 0.4) is 0 Å². The summed E-state index contributed by atoms with van der Waals surface area (Å²) in [5.41, 5.74) is 1.46. The van der Waals surface area contributed by atoms with Crippen LogP contribution in [0.4, 0.5) is 5.95 Å². The molecule has 5 rings (SSSR count). The van der Waals surface area contributed by atoms with Gasteiger partial charge < -0.3 is 9.47 Å². The van der Waals surface area contributed by atoms with Crippen LogP contribution < -0.4 is 14.8 Å². The molecule has 0 spiro atoms. The van der Waals surface area contributed by atoms with Gasteiger partial charge in [-0.1, -0.05) is 24.3 Å². The van der Waals surface area contributed by atoms with E-state index in [9.17, 15) is 4.79 Å². The first-order valence-electron chi connectivity index (χ1n) is 10.2. The maximum Gasteiger partial charge on any atom is 0.297 e. The summed E-state index contributed by atoms with van der Waals surface area (Å²) in [4.78, 5) is 22.7. The van der Waals surface area contributed by atoms with E-state index in [1.807, 2.05) is 47.8 Å². The molecule has 1 amide bonds. The first-order valence-corrected chi connectivity index (χ1v) is 11.1. The second kappa shape index (κ2) is 9.16. The highest BCUT2D eigenvalue weighted by molar-refractivity contribution is 7.13. The fourth-order valence-electron chi connectivity index (χ4n) is 3.31. The first kappa shape index (κ1) is 21.3. The topological polar surface area (TPSA) is 120 Å². The van der Waals surface area contributed by atoms with E-state index in [0.717, 1.165) is 10.6 Å². The SMILES string of the molecule is COc1ccc(-c2nc(NC(=O)c3nc(-c4cccs4)n(-c4ccccc4)n3)n[nH]2)c(OC)c1. The van der Waals surface area contributed by atoms with Crippen LogP contribution >= 0.6 is 11.3 Å². The monoisotopic (exact) mass is 473 g/mol.